The van der Waals surface area contributed by atoms with E-state index in [0.29, 0.717) is 12.1 Å². The molecule has 0 bridgehead atoms. The molecule has 1 N–H and O–H groups in total. The van der Waals surface area contributed by atoms with Crippen LogP contribution in [0, 0.1) is 0 Å². The number of methoxy groups -OCH3 is 3. The highest BCUT2D eigenvalue weighted by Crippen LogP contribution is 2.26. The maximum absolute atomic E-state index is 5.39. The monoisotopic (exact) mass is 265 g/mol. The highest BCUT2D eigenvalue weighted by atomic mass is 16.5. The SMILES string of the molecule is COc1ccc(OC)c(CNC2CCC(OC)C2)c1. The van der Waals surface area contributed by atoms with Crippen molar-refractivity contribution < 1.29 is 14.2 Å². The summed E-state index contributed by atoms with van der Waals surface area (Å²) in [4.78, 5) is 0. The number of nitrogens with one attached hydrogen (secondary N) is 1. The summed E-state index contributed by atoms with van der Waals surface area (Å²) in [5.41, 5.74) is 1.13. The van der Waals surface area contributed by atoms with Crippen LogP contribution >= 0.6 is 0 Å². The van der Waals surface area contributed by atoms with Gasteiger partial charge in [-0.15, -0.1) is 0 Å². The first-order valence-corrected chi connectivity index (χ1v) is 6.74. The molecule has 2 rings (SSSR count). The summed E-state index contributed by atoms with van der Waals surface area (Å²) < 4.78 is 16.0. The molecule has 1 aliphatic rings. The van der Waals surface area contributed by atoms with E-state index in [2.05, 4.69) is 5.32 Å². The van der Waals surface area contributed by atoms with Gasteiger partial charge in [-0.1, -0.05) is 0 Å². The van der Waals surface area contributed by atoms with Crippen molar-refractivity contribution in [1.29, 1.82) is 0 Å². The molecule has 2 unspecified atom stereocenters. The summed E-state index contributed by atoms with van der Waals surface area (Å²) >= 11 is 0. The van der Waals surface area contributed by atoms with E-state index in [-0.39, 0.29) is 0 Å². The molecule has 0 heterocycles. The van der Waals surface area contributed by atoms with Gasteiger partial charge in [0.1, 0.15) is 11.5 Å². The first-order chi connectivity index (χ1) is 9.26. The fraction of sp³-hybridized carbons (Fsp3) is 0.600. The van der Waals surface area contributed by atoms with Gasteiger partial charge in [-0.3, -0.25) is 0 Å². The number of hydrogen-bond acceptors (Lipinski definition) is 4. The number of rotatable bonds is 6. The van der Waals surface area contributed by atoms with Crippen LogP contribution in [-0.2, 0) is 11.3 Å². The molecule has 1 saturated carbocycles. The van der Waals surface area contributed by atoms with Gasteiger partial charge >= 0.3 is 0 Å². The van der Waals surface area contributed by atoms with E-state index in [1.54, 1.807) is 21.3 Å². The minimum Gasteiger partial charge on any atom is -0.497 e. The van der Waals surface area contributed by atoms with Crippen LogP contribution in [0.3, 0.4) is 0 Å². The van der Waals surface area contributed by atoms with Crippen LogP contribution in [0.2, 0.25) is 0 Å². The zero-order valence-electron chi connectivity index (χ0n) is 11.9. The van der Waals surface area contributed by atoms with Crippen molar-refractivity contribution in [2.75, 3.05) is 21.3 Å². The van der Waals surface area contributed by atoms with Crippen molar-refractivity contribution in [2.24, 2.45) is 0 Å². The molecule has 0 aromatic heterocycles. The lowest BCUT2D eigenvalue weighted by Crippen LogP contribution is -2.26. The minimum absolute atomic E-state index is 0.407. The molecule has 2 atom stereocenters. The Bertz CT molecular complexity index is 408. The molecule has 0 amide bonds. The zero-order valence-corrected chi connectivity index (χ0v) is 11.9. The van der Waals surface area contributed by atoms with Crippen LogP contribution < -0.4 is 14.8 Å². The fourth-order valence-electron chi connectivity index (χ4n) is 2.61. The lowest BCUT2D eigenvalue weighted by molar-refractivity contribution is 0.107. The summed E-state index contributed by atoms with van der Waals surface area (Å²) in [6, 6.07) is 6.41. The highest BCUT2D eigenvalue weighted by Gasteiger charge is 2.24. The Hall–Kier alpha value is -1.26. The standard InChI is InChI=1S/C15H23NO3/c1-17-13-6-7-15(19-3)11(8-13)10-16-12-4-5-14(9-12)18-2/h6-8,12,14,16H,4-5,9-10H2,1-3H3. The van der Waals surface area contributed by atoms with Gasteiger partial charge in [-0.2, -0.15) is 0 Å². The number of benzene rings is 1. The van der Waals surface area contributed by atoms with Crippen LogP contribution in [0.25, 0.3) is 0 Å². The van der Waals surface area contributed by atoms with Crippen LogP contribution in [0.4, 0.5) is 0 Å². The van der Waals surface area contributed by atoms with Gasteiger partial charge in [0.2, 0.25) is 0 Å². The van der Waals surface area contributed by atoms with Gasteiger partial charge in [0.25, 0.3) is 0 Å². The molecule has 0 radical (unpaired) electrons. The Kier molecular flexibility index (Phi) is 5.05. The normalized spacial score (nSPS) is 22.5. The van der Waals surface area contributed by atoms with E-state index >= 15 is 0 Å². The molecule has 1 fully saturated rings. The van der Waals surface area contributed by atoms with E-state index in [4.69, 9.17) is 14.2 Å². The summed E-state index contributed by atoms with van der Waals surface area (Å²) in [5.74, 6) is 1.76. The van der Waals surface area contributed by atoms with Crippen molar-refractivity contribution >= 4 is 0 Å². The maximum Gasteiger partial charge on any atom is 0.123 e. The largest absolute Gasteiger partial charge is 0.497 e. The Morgan fingerprint density at radius 1 is 1.16 bits per heavy atom. The second-order valence-electron chi connectivity index (χ2n) is 4.93. The van der Waals surface area contributed by atoms with Crippen LogP contribution in [-0.4, -0.2) is 33.5 Å². The molecule has 1 aromatic carbocycles. The summed E-state index contributed by atoms with van der Waals surface area (Å²) in [6.07, 6.45) is 3.81. The highest BCUT2D eigenvalue weighted by molar-refractivity contribution is 5.40. The molecular formula is C15H23NO3. The van der Waals surface area contributed by atoms with Crippen LogP contribution in [0.15, 0.2) is 18.2 Å². The summed E-state index contributed by atoms with van der Waals surface area (Å²) in [7, 11) is 5.17. The maximum atomic E-state index is 5.39. The van der Waals surface area contributed by atoms with Gasteiger partial charge < -0.3 is 19.5 Å². The third-order valence-electron chi connectivity index (χ3n) is 3.79. The zero-order chi connectivity index (χ0) is 13.7. The first-order valence-electron chi connectivity index (χ1n) is 6.74. The molecular weight excluding hydrogens is 242 g/mol. The summed E-state index contributed by atoms with van der Waals surface area (Å²) in [6.45, 7) is 0.793. The first kappa shape index (κ1) is 14.2. The van der Waals surface area contributed by atoms with Crippen molar-refractivity contribution in [2.45, 2.75) is 38.0 Å². The van der Waals surface area contributed by atoms with Gasteiger partial charge in [-0.25, -0.2) is 0 Å². The van der Waals surface area contributed by atoms with E-state index in [9.17, 15) is 0 Å². The molecule has 0 saturated heterocycles. The van der Waals surface area contributed by atoms with E-state index < -0.39 is 0 Å². The fourth-order valence-corrected chi connectivity index (χ4v) is 2.61. The molecule has 0 aliphatic heterocycles. The lowest BCUT2D eigenvalue weighted by Gasteiger charge is -2.15. The Balaban J connectivity index is 1.95. The van der Waals surface area contributed by atoms with Gasteiger partial charge in [0.15, 0.2) is 0 Å². The summed E-state index contributed by atoms with van der Waals surface area (Å²) in [5, 5.41) is 3.57. The average molecular weight is 265 g/mol. The molecule has 19 heavy (non-hydrogen) atoms. The lowest BCUT2D eigenvalue weighted by atomic mass is 10.1. The van der Waals surface area contributed by atoms with Crippen LogP contribution in [0.5, 0.6) is 11.5 Å². The van der Waals surface area contributed by atoms with Crippen molar-refractivity contribution in [3.63, 3.8) is 0 Å². The Labute approximate surface area is 115 Å². The second-order valence-corrected chi connectivity index (χ2v) is 4.93. The molecule has 4 nitrogen and oxygen atoms in total. The smallest absolute Gasteiger partial charge is 0.123 e. The van der Waals surface area contributed by atoms with Gasteiger partial charge in [-0.05, 0) is 37.5 Å². The van der Waals surface area contributed by atoms with Gasteiger partial charge in [0, 0.05) is 25.3 Å². The molecule has 0 spiro atoms. The predicted octanol–water partition coefficient (Wildman–Crippen LogP) is 2.36. The second kappa shape index (κ2) is 6.78. The average Bonchev–Trinajstić information content (AvgIpc) is 2.92. The molecule has 106 valence electrons. The Morgan fingerprint density at radius 3 is 2.63 bits per heavy atom. The number of hydrogen-bond donors (Lipinski definition) is 1. The molecule has 1 aliphatic carbocycles. The molecule has 1 aromatic rings. The third-order valence-corrected chi connectivity index (χ3v) is 3.79. The minimum atomic E-state index is 0.407. The molecule has 4 heteroatoms. The van der Waals surface area contributed by atoms with E-state index in [1.807, 2.05) is 18.2 Å². The van der Waals surface area contributed by atoms with Gasteiger partial charge in [0.05, 0.1) is 20.3 Å². The quantitative estimate of drug-likeness (QED) is 0.857. The predicted molar refractivity (Wildman–Crippen MR) is 74.8 cm³/mol. The van der Waals surface area contributed by atoms with E-state index in [1.165, 1.54) is 6.42 Å². The Morgan fingerprint density at radius 2 is 2.00 bits per heavy atom. The van der Waals surface area contributed by atoms with Crippen LogP contribution in [0.1, 0.15) is 24.8 Å². The van der Waals surface area contributed by atoms with Crippen molar-refractivity contribution in [1.82, 2.24) is 5.32 Å². The topological polar surface area (TPSA) is 39.7 Å². The van der Waals surface area contributed by atoms with Crippen molar-refractivity contribution in [3.8, 4) is 11.5 Å². The number of ether oxygens (including phenoxy) is 3. The van der Waals surface area contributed by atoms with Crippen molar-refractivity contribution in [3.05, 3.63) is 23.8 Å². The van der Waals surface area contributed by atoms with E-state index in [0.717, 1.165) is 36.4 Å². The third kappa shape index (κ3) is 3.61.